The number of benzene rings is 1. The van der Waals surface area contributed by atoms with Crippen molar-refractivity contribution in [1.82, 2.24) is 24.5 Å². The van der Waals surface area contributed by atoms with E-state index in [1.54, 1.807) is 11.1 Å². The maximum atomic E-state index is 16.7. The highest BCUT2D eigenvalue weighted by atomic mass is 35.5. The number of halogens is 4. The second-order valence-corrected chi connectivity index (χ2v) is 11.2. The molecule has 2 aliphatic rings. The quantitative estimate of drug-likeness (QED) is 0.303. The average molecular weight is 617 g/mol. The number of carboxylic acids is 1. The Morgan fingerprint density at radius 3 is 2.24 bits per heavy atom. The van der Waals surface area contributed by atoms with Crippen molar-refractivity contribution in [1.29, 1.82) is 0 Å². The molecule has 1 aliphatic carbocycles. The first-order valence-corrected chi connectivity index (χ1v) is 13.9. The third kappa shape index (κ3) is 4.86. The summed E-state index contributed by atoms with van der Waals surface area (Å²) in [5, 5.41) is 12.3. The molecule has 0 spiro atoms. The van der Waals surface area contributed by atoms with Gasteiger partial charge in [0.05, 0.1) is 41.4 Å². The lowest BCUT2D eigenvalue weighted by Gasteiger charge is -2.46. The minimum Gasteiger partial charge on any atom is -0.477 e. The Morgan fingerprint density at radius 2 is 1.64 bits per heavy atom. The van der Waals surface area contributed by atoms with Crippen molar-refractivity contribution in [2.45, 2.75) is 44.8 Å². The summed E-state index contributed by atoms with van der Waals surface area (Å²) < 4.78 is 34.7. The van der Waals surface area contributed by atoms with Gasteiger partial charge in [0.1, 0.15) is 27.4 Å². The molecular formula is C27H24Cl2F2N8O3. The summed E-state index contributed by atoms with van der Waals surface area (Å²) in [4.78, 5) is 45.5. The van der Waals surface area contributed by atoms with E-state index in [1.807, 2.05) is 18.7 Å². The second-order valence-electron chi connectivity index (χ2n) is 10.5. The second kappa shape index (κ2) is 10.6. The molecule has 2 unspecified atom stereocenters. The molecule has 2 atom stereocenters. The minimum absolute atomic E-state index is 0.00319. The molecule has 0 radical (unpaired) electrons. The van der Waals surface area contributed by atoms with Gasteiger partial charge in [0, 0.05) is 37.4 Å². The van der Waals surface area contributed by atoms with Gasteiger partial charge in [0.25, 0.3) is 0 Å². The van der Waals surface area contributed by atoms with Crippen LogP contribution in [-0.2, 0) is 0 Å². The molecule has 218 valence electrons. The van der Waals surface area contributed by atoms with Crippen LogP contribution in [0.5, 0.6) is 0 Å². The molecule has 4 heterocycles. The number of aromatic carboxylic acids is 1. The predicted octanol–water partition coefficient (Wildman–Crippen LogP) is 5.05. The first-order valence-electron chi connectivity index (χ1n) is 13.1. The minimum atomic E-state index is -1.50. The highest BCUT2D eigenvalue weighted by Gasteiger charge is 2.37. The van der Waals surface area contributed by atoms with Crippen LogP contribution in [0.1, 0.15) is 43.1 Å². The van der Waals surface area contributed by atoms with E-state index >= 15 is 8.78 Å². The van der Waals surface area contributed by atoms with Crippen molar-refractivity contribution >= 4 is 63.1 Å². The van der Waals surface area contributed by atoms with Gasteiger partial charge in [-0.1, -0.05) is 23.2 Å². The van der Waals surface area contributed by atoms with Gasteiger partial charge in [0.2, 0.25) is 5.43 Å². The van der Waals surface area contributed by atoms with Crippen molar-refractivity contribution in [2.24, 2.45) is 0 Å². The Hall–Kier alpha value is -4.10. The van der Waals surface area contributed by atoms with Crippen LogP contribution < -0.4 is 20.5 Å². The number of carbonyl (C=O) groups is 1. The van der Waals surface area contributed by atoms with Crippen LogP contribution in [0.3, 0.4) is 0 Å². The van der Waals surface area contributed by atoms with E-state index < -0.39 is 39.7 Å². The van der Waals surface area contributed by atoms with E-state index in [9.17, 15) is 14.7 Å². The average Bonchev–Trinajstić information content (AvgIpc) is 3.76. The fraction of sp³-hybridized carbons (Fsp3) is 0.333. The summed E-state index contributed by atoms with van der Waals surface area (Å²) >= 11 is 12.0. The molecule has 15 heteroatoms. The van der Waals surface area contributed by atoms with Crippen molar-refractivity contribution in [2.75, 3.05) is 28.2 Å². The van der Waals surface area contributed by atoms with Crippen LogP contribution in [0.25, 0.3) is 10.9 Å². The number of pyridine rings is 1. The molecule has 42 heavy (non-hydrogen) atoms. The molecule has 4 aromatic rings. The van der Waals surface area contributed by atoms with Gasteiger partial charge in [-0.25, -0.2) is 23.5 Å². The first-order chi connectivity index (χ1) is 20.0. The normalized spacial score (nSPS) is 18.9. The number of rotatable bonds is 6. The maximum Gasteiger partial charge on any atom is 0.341 e. The maximum absolute atomic E-state index is 16.7. The molecule has 1 saturated carbocycles. The SMILES string of the molecule is CC1CN(c2c(F)c(Nc3cncc(Cl)n3)c3c(=O)c(C(=O)O)cn(C4CC4)c3c2F)CC(C)N1c1cncc(Cl)n1. The zero-order valence-electron chi connectivity index (χ0n) is 22.4. The number of piperazine rings is 1. The fourth-order valence-electron chi connectivity index (χ4n) is 5.66. The van der Waals surface area contributed by atoms with Gasteiger partial charge in [-0.05, 0) is 26.7 Å². The highest BCUT2D eigenvalue weighted by molar-refractivity contribution is 6.29. The number of nitrogens with zero attached hydrogens (tertiary/aromatic N) is 7. The van der Waals surface area contributed by atoms with Crippen LogP contribution in [0.2, 0.25) is 10.3 Å². The molecule has 11 nitrogen and oxygen atoms in total. The number of hydrogen-bond donors (Lipinski definition) is 2. The molecule has 0 amide bonds. The smallest absolute Gasteiger partial charge is 0.341 e. The summed E-state index contributed by atoms with van der Waals surface area (Å²) in [7, 11) is 0. The lowest BCUT2D eigenvalue weighted by Crippen LogP contribution is -2.57. The van der Waals surface area contributed by atoms with Crippen LogP contribution in [0.4, 0.5) is 31.8 Å². The summed E-state index contributed by atoms with van der Waals surface area (Å²) in [6.07, 6.45) is 7.97. The predicted molar refractivity (Wildman–Crippen MR) is 154 cm³/mol. The Morgan fingerprint density at radius 1 is 1.00 bits per heavy atom. The van der Waals surface area contributed by atoms with Gasteiger partial charge in [-0.15, -0.1) is 0 Å². The Labute approximate surface area is 247 Å². The summed E-state index contributed by atoms with van der Waals surface area (Å²) in [6.45, 7) is 4.16. The van der Waals surface area contributed by atoms with Crippen LogP contribution in [-0.4, -0.2) is 60.8 Å². The molecule has 1 aromatic carbocycles. The van der Waals surface area contributed by atoms with E-state index in [4.69, 9.17) is 23.2 Å². The van der Waals surface area contributed by atoms with E-state index in [-0.39, 0.29) is 58.5 Å². The van der Waals surface area contributed by atoms with Crippen LogP contribution in [0.15, 0.2) is 35.8 Å². The molecule has 6 rings (SSSR count). The number of hydrogen-bond acceptors (Lipinski definition) is 9. The van der Waals surface area contributed by atoms with Crippen molar-refractivity contribution in [3.05, 3.63) is 68.7 Å². The largest absolute Gasteiger partial charge is 0.477 e. The van der Waals surface area contributed by atoms with E-state index in [2.05, 4.69) is 25.3 Å². The van der Waals surface area contributed by atoms with Crippen molar-refractivity contribution < 1.29 is 18.7 Å². The van der Waals surface area contributed by atoms with Crippen LogP contribution in [0, 0.1) is 11.6 Å². The number of anilines is 4. The van der Waals surface area contributed by atoms with Gasteiger partial charge < -0.3 is 24.8 Å². The molecular weight excluding hydrogens is 593 g/mol. The molecule has 2 N–H and O–H groups in total. The molecule has 0 bridgehead atoms. The van der Waals surface area contributed by atoms with E-state index in [0.717, 1.165) is 6.20 Å². The summed E-state index contributed by atoms with van der Waals surface area (Å²) in [5.74, 6) is -3.00. The van der Waals surface area contributed by atoms with E-state index in [0.29, 0.717) is 18.7 Å². The Kier molecular flexibility index (Phi) is 7.09. The third-order valence-corrected chi connectivity index (χ3v) is 7.81. The van der Waals surface area contributed by atoms with Crippen LogP contribution >= 0.6 is 23.2 Å². The van der Waals surface area contributed by atoms with Gasteiger partial charge in [-0.2, -0.15) is 0 Å². The zero-order valence-corrected chi connectivity index (χ0v) is 23.9. The zero-order chi connectivity index (χ0) is 29.9. The van der Waals surface area contributed by atoms with Gasteiger partial charge in [0.15, 0.2) is 17.5 Å². The van der Waals surface area contributed by atoms with Crippen molar-refractivity contribution in [3.8, 4) is 0 Å². The summed E-state index contributed by atoms with van der Waals surface area (Å²) in [5.41, 5.74) is -2.58. The highest BCUT2D eigenvalue weighted by Crippen LogP contribution is 2.43. The number of fused-ring (bicyclic) bond motifs is 1. The topological polar surface area (TPSA) is 129 Å². The molecule has 1 saturated heterocycles. The Balaban J connectivity index is 1.55. The van der Waals surface area contributed by atoms with Gasteiger partial charge in [-0.3, -0.25) is 14.8 Å². The lowest BCUT2D eigenvalue weighted by atomic mass is 10.0. The molecule has 3 aromatic heterocycles. The molecule has 1 aliphatic heterocycles. The van der Waals surface area contributed by atoms with Crippen molar-refractivity contribution in [3.63, 3.8) is 0 Å². The summed E-state index contributed by atoms with van der Waals surface area (Å²) in [6, 6.07) is -0.786. The van der Waals surface area contributed by atoms with E-state index in [1.165, 1.54) is 23.2 Å². The molecule has 2 fully saturated rings. The number of nitrogens with one attached hydrogen (secondary N) is 1. The number of aromatic nitrogens is 5. The first kappa shape index (κ1) is 28.0. The standard InChI is InChI=1S/C27H24Cl2F2N8O3/c1-12-9-37(10-13(2)39(12)19-8-33-6-17(29)35-19)25-21(30)23(36-18-7-32-5-16(28)34-18)20-24(22(25)31)38(14-3-4-14)11-15(26(20)40)27(41)42/h5-8,11-14H,3-4,9-10H2,1-2H3,(H,34,36)(H,41,42). The van der Waals surface area contributed by atoms with Gasteiger partial charge >= 0.3 is 5.97 Å². The Bertz CT molecular complexity index is 1790. The fourth-order valence-corrected chi connectivity index (χ4v) is 5.95. The number of carboxylic acid groups (broad SMARTS) is 1. The lowest BCUT2D eigenvalue weighted by molar-refractivity contribution is 0.0694. The third-order valence-electron chi connectivity index (χ3n) is 7.45. The monoisotopic (exact) mass is 616 g/mol.